The number of hydrogen-bond acceptors (Lipinski definition) is 6. The number of hydrogen-bond donors (Lipinski definition) is 0. The van der Waals surface area contributed by atoms with Gasteiger partial charge in [0.05, 0.1) is 6.20 Å². The third-order valence-corrected chi connectivity index (χ3v) is 3.06. The molecule has 0 radical (unpaired) electrons. The molecule has 7 nitrogen and oxygen atoms in total. The molecule has 0 saturated heterocycles. The van der Waals surface area contributed by atoms with Gasteiger partial charge in [0.25, 0.3) is 9.05 Å². The molecule has 0 aliphatic heterocycles. The van der Waals surface area contributed by atoms with Crippen molar-refractivity contribution < 1.29 is 12.8 Å². The molecular weight excluding hydrogens is 256 g/mol. The van der Waals surface area contributed by atoms with Crippen LogP contribution in [0.5, 0.6) is 0 Å². The SMILES string of the molecule is Cc1nnc(Cn2cc(S(=O)(=O)Cl)cn2)o1. The van der Waals surface area contributed by atoms with Gasteiger partial charge < -0.3 is 4.42 Å². The Morgan fingerprint density at radius 3 is 2.75 bits per heavy atom. The van der Waals surface area contributed by atoms with E-state index < -0.39 is 9.05 Å². The van der Waals surface area contributed by atoms with Gasteiger partial charge >= 0.3 is 0 Å². The lowest BCUT2D eigenvalue weighted by Crippen LogP contribution is -2.00. The molecule has 0 aliphatic carbocycles. The fourth-order valence-corrected chi connectivity index (χ4v) is 1.76. The van der Waals surface area contributed by atoms with Crippen LogP contribution in [0.2, 0.25) is 0 Å². The maximum absolute atomic E-state index is 11.0. The van der Waals surface area contributed by atoms with Crippen molar-refractivity contribution in [2.45, 2.75) is 18.4 Å². The van der Waals surface area contributed by atoms with E-state index in [1.54, 1.807) is 6.92 Å². The van der Waals surface area contributed by atoms with Gasteiger partial charge in [-0.25, -0.2) is 8.42 Å². The van der Waals surface area contributed by atoms with Crippen LogP contribution in [0.25, 0.3) is 0 Å². The number of nitrogens with zero attached hydrogens (tertiary/aromatic N) is 4. The largest absolute Gasteiger partial charge is 0.424 e. The van der Waals surface area contributed by atoms with E-state index in [0.29, 0.717) is 11.8 Å². The Hall–Kier alpha value is -1.41. The van der Waals surface area contributed by atoms with Crippen LogP contribution in [0.4, 0.5) is 0 Å². The van der Waals surface area contributed by atoms with E-state index in [1.807, 2.05) is 0 Å². The van der Waals surface area contributed by atoms with E-state index in [2.05, 4.69) is 15.3 Å². The highest BCUT2D eigenvalue weighted by Gasteiger charge is 2.13. The molecule has 2 aromatic rings. The van der Waals surface area contributed by atoms with Crippen LogP contribution in [-0.4, -0.2) is 28.4 Å². The molecule has 2 rings (SSSR count). The molecule has 9 heteroatoms. The highest BCUT2D eigenvalue weighted by Crippen LogP contribution is 2.13. The van der Waals surface area contributed by atoms with Crippen LogP contribution in [-0.2, 0) is 15.6 Å². The third-order valence-electron chi connectivity index (χ3n) is 1.76. The van der Waals surface area contributed by atoms with E-state index in [-0.39, 0.29) is 11.4 Å². The second-order valence-electron chi connectivity index (χ2n) is 3.03. The van der Waals surface area contributed by atoms with E-state index in [9.17, 15) is 8.42 Å². The van der Waals surface area contributed by atoms with Gasteiger partial charge in [0, 0.05) is 23.8 Å². The average Bonchev–Trinajstić information content (AvgIpc) is 2.74. The molecule has 0 unspecified atom stereocenters. The van der Waals surface area contributed by atoms with E-state index in [1.165, 1.54) is 10.9 Å². The Bertz CT molecular complexity index is 603. The van der Waals surface area contributed by atoms with Gasteiger partial charge in [0.1, 0.15) is 11.4 Å². The second kappa shape index (κ2) is 3.87. The van der Waals surface area contributed by atoms with Gasteiger partial charge in [-0.2, -0.15) is 5.10 Å². The molecule has 0 fully saturated rings. The Morgan fingerprint density at radius 2 is 2.25 bits per heavy atom. The van der Waals surface area contributed by atoms with Gasteiger partial charge in [-0.15, -0.1) is 10.2 Å². The summed E-state index contributed by atoms with van der Waals surface area (Å²) < 4.78 is 28.4. The number of rotatable bonds is 3. The Balaban J connectivity index is 2.21. The Morgan fingerprint density at radius 1 is 1.50 bits per heavy atom. The first kappa shape index (κ1) is 11.1. The van der Waals surface area contributed by atoms with Gasteiger partial charge in [-0.05, 0) is 0 Å². The summed E-state index contributed by atoms with van der Waals surface area (Å²) >= 11 is 0. The minimum absolute atomic E-state index is 0.0644. The molecule has 0 N–H and O–H groups in total. The predicted molar refractivity (Wildman–Crippen MR) is 53.4 cm³/mol. The van der Waals surface area contributed by atoms with Gasteiger partial charge in [0.2, 0.25) is 11.8 Å². The zero-order valence-electron chi connectivity index (χ0n) is 8.16. The van der Waals surface area contributed by atoms with Crippen molar-refractivity contribution >= 4 is 19.7 Å². The summed E-state index contributed by atoms with van der Waals surface area (Å²) in [4.78, 5) is -0.0644. The van der Waals surface area contributed by atoms with Crippen molar-refractivity contribution in [3.05, 3.63) is 24.2 Å². The molecule has 0 bridgehead atoms. The number of aryl methyl sites for hydroxylation is 1. The fraction of sp³-hybridized carbons (Fsp3) is 0.286. The van der Waals surface area contributed by atoms with Gasteiger partial charge in [-0.1, -0.05) is 0 Å². The van der Waals surface area contributed by atoms with Crippen molar-refractivity contribution in [1.29, 1.82) is 0 Å². The third kappa shape index (κ3) is 2.39. The molecule has 86 valence electrons. The fourth-order valence-electron chi connectivity index (χ4n) is 1.10. The zero-order valence-corrected chi connectivity index (χ0v) is 9.73. The van der Waals surface area contributed by atoms with Crippen LogP contribution in [0.15, 0.2) is 21.7 Å². The summed E-state index contributed by atoms with van der Waals surface area (Å²) in [7, 11) is 1.40. The molecule has 2 aromatic heterocycles. The first-order valence-electron chi connectivity index (χ1n) is 4.21. The molecule has 0 aliphatic rings. The maximum Gasteiger partial charge on any atom is 0.264 e. The van der Waals surface area contributed by atoms with Crippen LogP contribution in [0, 0.1) is 6.92 Å². The summed E-state index contributed by atoms with van der Waals surface area (Å²) in [5.41, 5.74) is 0. The summed E-state index contributed by atoms with van der Waals surface area (Å²) in [5.74, 6) is 0.784. The highest BCUT2D eigenvalue weighted by atomic mass is 35.7. The van der Waals surface area contributed by atoms with Crippen molar-refractivity contribution in [3.8, 4) is 0 Å². The summed E-state index contributed by atoms with van der Waals surface area (Å²) in [6.45, 7) is 1.86. The predicted octanol–water partition coefficient (Wildman–Crippen LogP) is 0.550. The van der Waals surface area contributed by atoms with E-state index in [4.69, 9.17) is 15.1 Å². The van der Waals surface area contributed by atoms with E-state index in [0.717, 1.165) is 6.20 Å². The zero-order chi connectivity index (χ0) is 11.8. The molecule has 0 amide bonds. The Kier molecular flexibility index (Phi) is 2.68. The highest BCUT2D eigenvalue weighted by molar-refractivity contribution is 8.13. The first-order valence-corrected chi connectivity index (χ1v) is 6.52. The average molecular weight is 263 g/mol. The lowest BCUT2D eigenvalue weighted by atomic mass is 10.6. The first-order chi connectivity index (χ1) is 7.45. The van der Waals surface area contributed by atoms with Crippen LogP contribution >= 0.6 is 10.7 Å². The topological polar surface area (TPSA) is 90.9 Å². The lowest BCUT2D eigenvalue weighted by molar-refractivity contribution is 0.444. The normalized spacial score (nSPS) is 11.9. The molecule has 0 spiro atoms. The standard InChI is InChI=1S/C7H7ClN4O3S/c1-5-10-11-7(15-5)4-12-3-6(2-9-12)16(8,13)14/h2-3H,4H2,1H3. The van der Waals surface area contributed by atoms with Gasteiger partial charge in [-0.3, -0.25) is 4.68 Å². The monoisotopic (exact) mass is 262 g/mol. The van der Waals surface area contributed by atoms with Crippen LogP contribution < -0.4 is 0 Å². The van der Waals surface area contributed by atoms with Crippen molar-refractivity contribution in [2.75, 3.05) is 0 Å². The molecule has 0 saturated carbocycles. The lowest BCUT2D eigenvalue weighted by Gasteiger charge is -1.94. The Labute approximate surface area is 95.5 Å². The van der Waals surface area contributed by atoms with Crippen LogP contribution in [0.1, 0.15) is 11.8 Å². The van der Waals surface area contributed by atoms with Crippen molar-refractivity contribution in [3.63, 3.8) is 0 Å². The maximum atomic E-state index is 11.0. The molecule has 2 heterocycles. The minimum Gasteiger partial charge on any atom is -0.424 e. The summed E-state index contributed by atoms with van der Waals surface area (Å²) in [6, 6.07) is 0. The van der Waals surface area contributed by atoms with E-state index >= 15 is 0 Å². The number of halogens is 1. The quantitative estimate of drug-likeness (QED) is 0.750. The second-order valence-corrected chi connectivity index (χ2v) is 5.59. The van der Waals surface area contributed by atoms with Crippen molar-refractivity contribution in [2.24, 2.45) is 0 Å². The molecular formula is C7H7ClN4O3S. The summed E-state index contributed by atoms with van der Waals surface area (Å²) in [6.07, 6.45) is 2.45. The molecule has 0 aromatic carbocycles. The minimum atomic E-state index is -3.75. The van der Waals surface area contributed by atoms with Crippen LogP contribution in [0.3, 0.4) is 0 Å². The van der Waals surface area contributed by atoms with Crippen molar-refractivity contribution in [1.82, 2.24) is 20.0 Å². The summed E-state index contributed by atoms with van der Waals surface area (Å²) in [5, 5.41) is 11.2. The smallest absolute Gasteiger partial charge is 0.264 e. The molecule has 0 atom stereocenters. The number of aromatic nitrogens is 4. The molecule has 16 heavy (non-hydrogen) atoms. The van der Waals surface area contributed by atoms with Gasteiger partial charge in [0.15, 0.2) is 0 Å².